The van der Waals surface area contributed by atoms with Crippen LogP contribution in [0.4, 0.5) is 5.69 Å². The van der Waals surface area contributed by atoms with E-state index in [9.17, 15) is 9.59 Å². The number of nitrogens with zero attached hydrogens (tertiary/aromatic N) is 1. The van der Waals surface area contributed by atoms with E-state index in [1.54, 1.807) is 48.2 Å². The summed E-state index contributed by atoms with van der Waals surface area (Å²) in [4.78, 5) is 32.1. The van der Waals surface area contributed by atoms with Crippen molar-refractivity contribution in [1.29, 1.82) is 0 Å². The van der Waals surface area contributed by atoms with Gasteiger partial charge in [-0.15, -0.1) is 0 Å². The Morgan fingerprint density at radius 2 is 1.44 bits per heavy atom. The number of aliphatic imine (C=N–C) groups is 1. The number of amides is 2. The molecule has 0 saturated carbocycles. The maximum absolute atomic E-state index is 12.8. The molecule has 0 bridgehead atoms. The lowest BCUT2D eigenvalue weighted by Gasteiger charge is -2.09. The molecule has 0 radical (unpaired) electrons. The second kappa shape index (κ2) is 9.67. The molecule has 0 aliphatic carbocycles. The molecule has 0 unspecified atom stereocenters. The highest BCUT2D eigenvalue weighted by atomic mass is 79.9. The molecule has 7 heteroatoms. The number of hydrogen-bond donors (Lipinski definition) is 2. The van der Waals surface area contributed by atoms with Crippen molar-refractivity contribution in [1.82, 2.24) is 10.9 Å². The number of hydrogen-bond acceptors (Lipinski definition) is 4. The standard InChI is InChI=1S/C27H18BrN3O2S/c28-20-10-6-9-18(15-20)25-21-11-4-5-12-23(21)34-24-14-13-19(16-22(24)29-25)27(33)31-30-26(32)17-7-2-1-3-8-17/h1-16H,(H,30,32)(H,31,33). The van der Waals surface area contributed by atoms with Crippen molar-refractivity contribution in [2.24, 2.45) is 4.99 Å². The van der Waals surface area contributed by atoms with Crippen molar-refractivity contribution in [2.75, 3.05) is 0 Å². The summed E-state index contributed by atoms with van der Waals surface area (Å²) >= 11 is 5.16. The van der Waals surface area contributed by atoms with E-state index in [2.05, 4.69) is 38.9 Å². The summed E-state index contributed by atoms with van der Waals surface area (Å²) in [5.74, 6) is -0.803. The first-order valence-electron chi connectivity index (χ1n) is 10.5. The molecule has 166 valence electrons. The summed E-state index contributed by atoms with van der Waals surface area (Å²) in [5, 5.41) is 0. The predicted octanol–water partition coefficient (Wildman–Crippen LogP) is 6.16. The fraction of sp³-hybridized carbons (Fsp3) is 0. The quantitative estimate of drug-likeness (QED) is 0.276. The minimum absolute atomic E-state index is 0.385. The van der Waals surface area contributed by atoms with Gasteiger partial charge in [0.2, 0.25) is 0 Å². The minimum Gasteiger partial charge on any atom is -0.267 e. The number of rotatable bonds is 3. The van der Waals surface area contributed by atoms with E-state index in [1.165, 1.54) is 0 Å². The van der Waals surface area contributed by atoms with E-state index in [4.69, 9.17) is 4.99 Å². The summed E-state index contributed by atoms with van der Waals surface area (Å²) in [6, 6.07) is 30.2. The van der Waals surface area contributed by atoms with Crippen LogP contribution in [-0.4, -0.2) is 17.5 Å². The topological polar surface area (TPSA) is 70.6 Å². The second-order valence-electron chi connectivity index (χ2n) is 7.53. The van der Waals surface area contributed by atoms with Crippen LogP contribution in [0.3, 0.4) is 0 Å². The van der Waals surface area contributed by atoms with Crippen molar-refractivity contribution >= 4 is 50.9 Å². The Labute approximate surface area is 209 Å². The Balaban J connectivity index is 1.47. The lowest BCUT2D eigenvalue weighted by molar-refractivity contribution is 0.0846. The first-order valence-corrected chi connectivity index (χ1v) is 12.1. The van der Waals surface area contributed by atoms with E-state index >= 15 is 0 Å². The molecule has 1 heterocycles. The van der Waals surface area contributed by atoms with Gasteiger partial charge in [0.1, 0.15) is 0 Å². The Morgan fingerprint density at radius 3 is 2.24 bits per heavy atom. The van der Waals surface area contributed by atoms with Crippen LogP contribution in [0.2, 0.25) is 0 Å². The Bertz CT molecular complexity index is 1440. The van der Waals surface area contributed by atoms with Crippen LogP contribution in [0.15, 0.2) is 116 Å². The normalized spacial score (nSPS) is 12.0. The van der Waals surface area contributed by atoms with Crippen LogP contribution in [0.1, 0.15) is 31.8 Å². The van der Waals surface area contributed by atoms with Gasteiger partial charge in [-0.1, -0.05) is 76.2 Å². The number of benzene rings is 4. The number of carbonyl (C=O) groups is 2. The van der Waals surface area contributed by atoms with Gasteiger partial charge < -0.3 is 0 Å². The van der Waals surface area contributed by atoms with E-state index in [1.807, 2.05) is 48.5 Å². The summed E-state index contributed by atoms with van der Waals surface area (Å²) in [6.07, 6.45) is 0. The van der Waals surface area contributed by atoms with Crippen molar-refractivity contribution in [3.05, 3.63) is 124 Å². The van der Waals surface area contributed by atoms with Gasteiger partial charge >= 0.3 is 0 Å². The average Bonchev–Trinajstić information content (AvgIpc) is 3.04. The molecule has 1 aliphatic heterocycles. The summed E-state index contributed by atoms with van der Waals surface area (Å²) in [5.41, 5.74) is 9.33. The fourth-order valence-corrected chi connectivity index (χ4v) is 4.99. The molecule has 2 N–H and O–H groups in total. The van der Waals surface area contributed by atoms with Crippen LogP contribution < -0.4 is 10.9 Å². The van der Waals surface area contributed by atoms with Crippen LogP contribution in [0.25, 0.3) is 0 Å². The number of halogens is 1. The maximum Gasteiger partial charge on any atom is 0.269 e. The Kier molecular flexibility index (Phi) is 6.29. The maximum atomic E-state index is 12.8. The van der Waals surface area contributed by atoms with Gasteiger partial charge in [-0.3, -0.25) is 20.4 Å². The molecule has 0 aromatic heterocycles. The lowest BCUT2D eigenvalue weighted by atomic mass is 10.0. The first kappa shape index (κ1) is 22.1. The van der Waals surface area contributed by atoms with Gasteiger partial charge in [-0.2, -0.15) is 0 Å². The van der Waals surface area contributed by atoms with E-state index in [-0.39, 0.29) is 5.91 Å². The van der Waals surface area contributed by atoms with Crippen LogP contribution >= 0.6 is 27.7 Å². The zero-order valence-electron chi connectivity index (χ0n) is 17.8. The molecule has 1 aliphatic rings. The van der Waals surface area contributed by atoms with Crippen molar-refractivity contribution in [3.63, 3.8) is 0 Å². The highest BCUT2D eigenvalue weighted by molar-refractivity contribution is 9.10. The molecule has 5 nitrogen and oxygen atoms in total. The molecule has 4 aromatic carbocycles. The highest BCUT2D eigenvalue weighted by Crippen LogP contribution is 2.41. The van der Waals surface area contributed by atoms with Crippen molar-refractivity contribution < 1.29 is 9.59 Å². The van der Waals surface area contributed by atoms with Crippen LogP contribution in [0.5, 0.6) is 0 Å². The molecule has 0 spiro atoms. The monoisotopic (exact) mass is 527 g/mol. The molecular formula is C27H18BrN3O2S. The van der Waals surface area contributed by atoms with Gasteiger partial charge in [0.25, 0.3) is 11.8 Å². The number of fused-ring (bicyclic) bond motifs is 2. The van der Waals surface area contributed by atoms with E-state index in [0.29, 0.717) is 16.8 Å². The zero-order valence-corrected chi connectivity index (χ0v) is 20.2. The highest BCUT2D eigenvalue weighted by Gasteiger charge is 2.20. The first-order chi connectivity index (χ1) is 16.6. The van der Waals surface area contributed by atoms with Crippen LogP contribution in [0, 0.1) is 0 Å². The third kappa shape index (κ3) is 4.66. The largest absolute Gasteiger partial charge is 0.269 e. The van der Waals surface area contributed by atoms with E-state index < -0.39 is 5.91 Å². The summed E-state index contributed by atoms with van der Waals surface area (Å²) < 4.78 is 0.963. The molecule has 0 saturated heterocycles. The van der Waals surface area contributed by atoms with Crippen LogP contribution in [-0.2, 0) is 0 Å². The Morgan fingerprint density at radius 1 is 0.706 bits per heavy atom. The van der Waals surface area contributed by atoms with Gasteiger partial charge in [0, 0.05) is 36.5 Å². The lowest BCUT2D eigenvalue weighted by Crippen LogP contribution is -2.41. The molecule has 0 fully saturated rings. The summed E-state index contributed by atoms with van der Waals surface area (Å²) in [7, 11) is 0. The fourth-order valence-electron chi connectivity index (χ4n) is 3.59. The third-order valence-electron chi connectivity index (χ3n) is 5.24. The number of carbonyl (C=O) groups excluding carboxylic acids is 2. The molecule has 2 amide bonds. The number of nitrogens with one attached hydrogen (secondary N) is 2. The number of hydrazine groups is 1. The third-order valence-corrected chi connectivity index (χ3v) is 6.87. The van der Waals surface area contributed by atoms with Gasteiger partial charge in [0.05, 0.1) is 11.4 Å². The Hall–Kier alpha value is -3.68. The molecule has 0 atom stereocenters. The molecular weight excluding hydrogens is 510 g/mol. The van der Waals surface area contributed by atoms with Gasteiger partial charge in [-0.05, 0) is 48.5 Å². The second-order valence-corrected chi connectivity index (χ2v) is 9.53. The average molecular weight is 528 g/mol. The van der Waals surface area contributed by atoms with Gasteiger partial charge in [-0.25, -0.2) is 4.99 Å². The summed E-state index contributed by atoms with van der Waals surface area (Å²) in [6.45, 7) is 0. The molecule has 4 aromatic rings. The van der Waals surface area contributed by atoms with E-state index in [0.717, 1.165) is 31.1 Å². The van der Waals surface area contributed by atoms with Gasteiger partial charge in [0.15, 0.2) is 0 Å². The van der Waals surface area contributed by atoms with Crippen molar-refractivity contribution in [2.45, 2.75) is 9.79 Å². The smallest absolute Gasteiger partial charge is 0.267 e. The van der Waals surface area contributed by atoms with Crippen molar-refractivity contribution in [3.8, 4) is 0 Å². The minimum atomic E-state index is -0.418. The molecule has 34 heavy (non-hydrogen) atoms. The SMILES string of the molecule is O=C(NNC(=O)c1ccc2c(c1)N=C(c1cccc(Br)c1)c1ccccc1S2)c1ccccc1. The predicted molar refractivity (Wildman–Crippen MR) is 138 cm³/mol. The molecule has 5 rings (SSSR count). The zero-order chi connectivity index (χ0) is 23.5.